The van der Waals surface area contributed by atoms with Crippen LogP contribution in [-0.2, 0) is 0 Å². The monoisotopic (exact) mass is 499 g/mol. The van der Waals surface area contributed by atoms with Gasteiger partial charge in [0.25, 0.3) is 0 Å². The van der Waals surface area contributed by atoms with Crippen molar-refractivity contribution in [3.05, 3.63) is 64.9 Å². The minimum atomic E-state index is -1.10. The van der Waals surface area contributed by atoms with Gasteiger partial charge in [-0.1, -0.05) is 67.1 Å². The summed E-state index contributed by atoms with van der Waals surface area (Å²) in [6.45, 7) is 6.01. The molecule has 0 atom stereocenters. The third-order valence-electron chi connectivity index (χ3n) is 4.81. The Morgan fingerprint density at radius 3 is 2.55 bits per heavy atom. The van der Waals surface area contributed by atoms with Crippen LogP contribution in [0.4, 0.5) is 0 Å². The summed E-state index contributed by atoms with van der Waals surface area (Å²) in [5.74, 6) is -0.559. The predicted octanol–water partition coefficient (Wildman–Crippen LogP) is 6.83. The maximum absolute atomic E-state index is 12.4. The van der Waals surface area contributed by atoms with Crippen LogP contribution in [0.1, 0.15) is 30.0 Å². The third-order valence-corrected chi connectivity index (χ3v) is 7.28. The van der Waals surface area contributed by atoms with E-state index in [1.54, 1.807) is 44.0 Å². The van der Waals surface area contributed by atoms with Crippen molar-refractivity contribution in [2.45, 2.75) is 30.2 Å². The summed E-state index contributed by atoms with van der Waals surface area (Å²) in [4.78, 5) is 17.3. The van der Waals surface area contributed by atoms with Crippen LogP contribution in [0, 0.1) is 6.92 Å². The average molecular weight is 500 g/mol. The van der Waals surface area contributed by atoms with Crippen LogP contribution in [0.25, 0.3) is 27.5 Å². The highest BCUT2D eigenvalue weighted by atomic mass is 35.5. The molecule has 0 radical (unpaired) electrons. The number of aryl methyl sites for hydroxylation is 1. The number of carboxylic acids is 1. The third kappa shape index (κ3) is 4.78. The fourth-order valence-corrected chi connectivity index (χ4v) is 6.20. The van der Waals surface area contributed by atoms with Crippen molar-refractivity contribution in [1.29, 1.82) is 0 Å². The molecule has 0 bridgehead atoms. The summed E-state index contributed by atoms with van der Waals surface area (Å²) in [5.41, 5.74) is 3.50. The number of benzene rings is 2. The summed E-state index contributed by atoms with van der Waals surface area (Å²) in [5, 5.41) is 16.0. The predicted molar refractivity (Wildman–Crippen MR) is 134 cm³/mol. The van der Waals surface area contributed by atoms with Crippen molar-refractivity contribution in [3.63, 3.8) is 0 Å². The smallest absolute Gasteiger partial charge is 0.355 e. The van der Waals surface area contributed by atoms with E-state index in [0.717, 1.165) is 15.5 Å². The molecule has 170 valence electrons. The number of hydrogen-bond donors (Lipinski definition) is 1. The van der Waals surface area contributed by atoms with Crippen molar-refractivity contribution in [3.8, 4) is 33.3 Å². The Morgan fingerprint density at radius 2 is 1.91 bits per heavy atom. The van der Waals surface area contributed by atoms with E-state index >= 15 is 0 Å². The standard InChI is InChI=1S/C24H22ClN3O3S2/c1-13(2)32-23-20(15-8-6-5-7-9-15)26-24(33-23)28-21(22(29)30)19(14(3)27-28)16-10-17(25)12-18(11-16)31-4/h5-13H,1-4H3,(H,29,30). The van der Waals surface area contributed by atoms with Crippen molar-refractivity contribution in [2.75, 3.05) is 7.11 Å². The zero-order chi connectivity index (χ0) is 23.7. The Morgan fingerprint density at radius 1 is 1.18 bits per heavy atom. The first kappa shape index (κ1) is 23.4. The van der Waals surface area contributed by atoms with E-state index in [1.807, 2.05) is 30.3 Å². The molecular formula is C24H22ClN3O3S2. The Bertz CT molecular complexity index is 1320. The van der Waals surface area contributed by atoms with Crippen LogP contribution in [0.2, 0.25) is 5.02 Å². The molecule has 0 aliphatic rings. The molecule has 2 aromatic carbocycles. The fraction of sp³-hybridized carbons (Fsp3) is 0.208. The molecule has 0 amide bonds. The maximum atomic E-state index is 12.4. The number of carbonyl (C=O) groups is 1. The van der Waals surface area contributed by atoms with Gasteiger partial charge in [-0.25, -0.2) is 9.78 Å². The van der Waals surface area contributed by atoms with Gasteiger partial charge in [0.1, 0.15) is 5.75 Å². The Hall–Kier alpha value is -2.81. The number of rotatable bonds is 7. The molecule has 4 rings (SSSR count). The number of halogens is 1. The van der Waals surface area contributed by atoms with Gasteiger partial charge >= 0.3 is 5.97 Å². The molecule has 2 heterocycles. The normalized spacial score (nSPS) is 11.2. The number of aromatic nitrogens is 3. The van der Waals surface area contributed by atoms with E-state index in [1.165, 1.54) is 16.0 Å². The molecule has 0 saturated carbocycles. The van der Waals surface area contributed by atoms with Gasteiger partial charge in [0, 0.05) is 21.4 Å². The van der Waals surface area contributed by atoms with Crippen molar-refractivity contribution in [1.82, 2.24) is 14.8 Å². The van der Waals surface area contributed by atoms with Gasteiger partial charge in [0.05, 0.1) is 22.7 Å². The topological polar surface area (TPSA) is 77.2 Å². The van der Waals surface area contributed by atoms with Gasteiger partial charge in [-0.15, -0.1) is 11.8 Å². The average Bonchev–Trinajstić information content (AvgIpc) is 3.34. The lowest BCUT2D eigenvalue weighted by atomic mass is 10.0. The molecule has 0 spiro atoms. The quantitative estimate of drug-likeness (QED) is 0.281. The van der Waals surface area contributed by atoms with Crippen molar-refractivity contribution >= 4 is 40.7 Å². The summed E-state index contributed by atoms with van der Waals surface area (Å²) in [6.07, 6.45) is 0. The number of carboxylic acid groups (broad SMARTS) is 1. The highest BCUT2D eigenvalue weighted by molar-refractivity contribution is 8.01. The number of hydrogen-bond acceptors (Lipinski definition) is 6. The first-order valence-corrected chi connectivity index (χ1v) is 12.3. The van der Waals surface area contributed by atoms with Crippen LogP contribution in [0.3, 0.4) is 0 Å². The minimum absolute atomic E-state index is 0.0336. The second-order valence-electron chi connectivity index (χ2n) is 7.57. The highest BCUT2D eigenvalue weighted by Crippen LogP contribution is 2.41. The van der Waals surface area contributed by atoms with Gasteiger partial charge in [0.15, 0.2) is 5.69 Å². The second-order valence-corrected chi connectivity index (χ2v) is 10.8. The highest BCUT2D eigenvalue weighted by Gasteiger charge is 2.27. The van der Waals surface area contributed by atoms with E-state index in [-0.39, 0.29) is 5.69 Å². The molecule has 1 N–H and O–H groups in total. The van der Waals surface area contributed by atoms with E-state index < -0.39 is 5.97 Å². The number of nitrogens with zero attached hydrogens (tertiary/aromatic N) is 3. The first-order chi connectivity index (χ1) is 15.8. The summed E-state index contributed by atoms with van der Waals surface area (Å²) in [6, 6.07) is 15.0. The van der Waals surface area contributed by atoms with Crippen LogP contribution in [0.15, 0.2) is 52.7 Å². The molecule has 0 saturated heterocycles. The minimum Gasteiger partial charge on any atom is -0.497 e. The number of aromatic carboxylic acids is 1. The zero-order valence-corrected chi connectivity index (χ0v) is 20.9. The maximum Gasteiger partial charge on any atom is 0.355 e. The largest absolute Gasteiger partial charge is 0.497 e. The van der Waals surface area contributed by atoms with Crippen molar-refractivity contribution < 1.29 is 14.6 Å². The summed E-state index contributed by atoms with van der Waals surface area (Å²) >= 11 is 9.39. The first-order valence-electron chi connectivity index (χ1n) is 10.2. The van der Waals surface area contributed by atoms with Gasteiger partial charge in [-0.05, 0) is 30.7 Å². The lowest BCUT2D eigenvalue weighted by Gasteiger charge is -2.07. The molecule has 6 nitrogen and oxygen atoms in total. The molecule has 0 fully saturated rings. The number of thiazole rings is 1. The molecule has 0 aliphatic carbocycles. The fourth-order valence-electron chi connectivity index (χ4n) is 3.49. The van der Waals surface area contributed by atoms with Gasteiger partial charge < -0.3 is 9.84 Å². The Kier molecular flexibility index (Phi) is 6.78. The SMILES string of the molecule is COc1cc(Cl)cc(-c2c(C)nn(-c3nc(-c4ccccc4)c(SC(C)C)s3)c2C(=O)O)c1. The number of thioether (sulfide) groups is 1. The van der Waals surface area contributed by atoms with E-state index in [4.69, 9.17) is 21.3 Å². The van der Waals surface area contributed by atoms with Crippen LogP contribution in [0.5, 0.6) is 5.75 Å². The van der Waals surface area contributed by atoms with Crippen LogP contribution in [-0.4, -0.2) is 38.2 Å². The zero-order valence-electron chi connectivity index (χ0n) is 18.5. The number of methoxy groups -OCH3 is 1. The molecule has 0 unspecified atom stereocenters. The molecule has 4 aromatic rings. The van der Waals surface area contributed by atoms with Gasteiger partial charge in [-0.2, -0.15) is 9.78 Å². The molecular weight excluding hydrogens is 478 g/mol. The van der Waals surface area contributed by atoms with E-state index in [9.17, 15) is 9.90 Å². The Balaban J connectivity index is 1.92. The molecule has 9 heteroatoms. The van der Waals surface area contributed by atoms with E-state index in [2.05, 4.69) is 18.9 Å². The second kappa shape index (κ2) is 9.59. The molecule has 2 aromatic heterocycles. The van der Waals surface area contributed by atoms with Gasteiger partial charge in [0.2, 0.25) is 5.13 Å². The Labute approximate surface area is 205 Å². The summed E-state index contributed by atoms with van der Waals surface area (Å²) in [7, 11) is 1.54. The lowest BCUT2D eigenvalue weighted by Crippen LogP contribution is -2.09. The van der Waals surface area contributed by atoms with Crippen molar-refractivity contribution in [2.24, 2.45) is 0 Å². The number of ether oxygens (including phenoxy) is 1. The molecule has 0 aliphatic heterocycles. The van der Waals surface area contributed by atoms with Crippen LogP contribution < -0.4 is 4.74 Å². The van der Waals surface area contributed by atoms with E-state index in [0.29, 0.717) is 38.0 Å². The summed E-state index contributed by atoms with van der Waals surface area (Å²) < 4.78 is 7.76. The van der Waals surface area contributed by atoms with Crippen LogP contribution >= 0.6 is 34.7 Å². The molecule has 33 heavy (non-hydrogen) atoms. The lowest BCUT2D eigenvalue weighted by molar-refractivity contribution is 0.0688. The van der Waals surface area contributed by atoms with Gasteiger partial charge in [-0.3, -0.25) is 0 Å².